The predicted octanol–water partition coefficient (Wildman–Crippen LogP) is 3.71. The molecule has 1 aliphatic heterocycles. The average molecular weight is 272 g/mol. The molecule has 4 heteroatoms. The third-order valence-electron chi connectivity index (χ3n) is 3.46. The summed E-state index contributed by atoms with van der Waals surface area (Å²) < 4.78 is -0.129. The highest BCUT2D eigenvalue weighted by Crippen LogP contribution is 2.48. The molecule has 2 aliphatic rings. The number of aliphatic hydroxyl groups excluding tert-OH is 1. The van der Waals surface area contributed by atoms with E-state index in [4.69, 9.17) is 4.99 Å². The molecular formula is C15H16N2OS. The van der Waals surface area contributed by atoms with Crippen molar-refractivity contribution in [3.63, 3.8) is 0 Å². The van der Waals surface area contributed by atoms with Crippen LogP contribution in [0.2, 0.25) is 0 Å². The lowest BCUT2D eigenvalue weighted by Gasteiger charge is -2.25. The van der Waals surface area contributed by atoms with Gasteiger partial charge in [-0.1, -0.05) is 23.9 Å². The van der Waals surface area contributed by atoms with E-state index in [1.807, 2.05) is 25.3 Å². The summed E-state index contributed by atoms with van der Waals surface area (Å²) in [6.07, 6.45) is 4.31. The number of allylic oxidation sites excluding steroid dienone is 3. The smallest absolute Gasteiger partial charge is 0.105 e. The molecule has 1 aliphatic carbocycles. The van der Waals surface area contributed by atoms with Gasteiger partial charge in [0.15, 0.2) is 0 Å². The first-order valence-electron chi connectivity index (χ1n) is 6.27. The third-order valence-corrected chi connectivity index (χ3v) is 4.78. The molecule has 0 fully saturated rings. The minimum Gasteiger partial charge on any atom is -0.512 e. The number of aliphatic imine (C=N–C) groups is 1. The molecule has 1 unspecified atom stereocenters. The molecule has 0 aromatic heterocycles. The second-order valence-electron chi connectivity index (χ2n) is 4.96. The highest BCUT2D eigenvalue weighted by Gasteiger charge is 2.39. The highest BCUT2D eigenvalue weighted by molar-refractivity contribution is 8.16. The van der Waals surface area contributed by atoms with E-state index in [0.29, 0.717) is 12.2 Å². The molecule has 98 valence electrons. The fourth-order valence-electron chi connectivity index (χ4n) is 2.34. The van der Waals surface area contributed by atoms with Gasteiger partial charge in [0.05, 0.1) is 16.2 Å². The second kappa shape index (κ2) is 4.46. The van der Waals surface area contributed by atoms with Crippen molar-refractivity contribution in [3.05, 3.63) is 53.4 Å². The molecule has 0 saturated heterocycles. The Morgan fingerprint density at radius 1 is 1.26 bits per heavy atom. The Morgan fingerprint density at radius 2 is 2.00 bits per heavy atom. The summed E-state index contributed by atoms with van der Waals surface area (Å²) in [6.45, 7) is 2.13. The normalized spacial score (nSPS) is 25.3. The Balaban J connectivity index is 1.92. The summed E-state index contributed by atoms with van der Waals surface area (Å²) in [6, 6.07) is 8.25. The van der Waals surface area contributed by atoms with E-state index in [1.54, 1.807) is 17.8 Å². The van der Waals surface area contributed by atoms with Gasteiger partial charge in [0.1, 0.15) is 5.04 Å². The summed E-state index contributed by atoms with van der Waals surface area (Å²) >= 11 is 1.73. The number of nitrogens with one attached hydrogen (secondary N) is 1. The number of hydrogen-bond acceptors (Lipinski definition) is 4. The summed E-state index contributed by atoms with van der Waals surface area (Å²) in [4.78, 5) is 4.71. The number of nitrogens with zero attached hydrogens (tertiary/aromatic N) is 1. The van der Waals surface area contributed by atoms with Crippen LogP contribution >= 0.6 is 11.8 Å². The summed E-state index contributed by atoms with van der Waals surface area (Å²) in [5.41, 5.74) is 3.26. The molecule has 0 radical (unpaired) electrons. The van der Waals surface area contributed by atoms with Crippen LogP contribution in [-0.2, 0) is 0 Å². The average Bonchev–Trinajstić information content (AvgIpc) is 2.75. The van der Waals surface area contributed by atoms with Crippen molar-refractivity contribution in [3.8, 4) is 0 Å². The van der Waals surface area contributed by atoms with Gasteiger partial charge in [-0.3, -0.25) is 0 Å². The fourth-order valence-corrected chi connectivity index (χ4v) is 3.60. The lowest BCUT2D eigenvalue weighted by atomic mass is 9.97. The fraction of sp³-hybridized carbons (Fsp3) is 0.267. The molecule has 0 bridgehead atoms. The first-order valence-corrected chi connectivity index (χ1v) is 7.08. The van der Waals surface area contributed by atoms with Gasteiger partial charge in [-0.25, -0.2) is 4.99 Å². The second-order valence-corrected chi connectivity index (χ2v) is 6.46. The zero-order valence-corrected chi connectivity index (χ0v) is 11.8. The number of fused-ring (bicyclic) bond motifs is 1. The molecular weight excluding hydrogens is 256 g/mol. The zero-order chi connectivity index (χ0) is 13.5. The Labute approximate surface area is 117 Å². The SMILES string of the molecule is CNc1ccc(C2=NC3=CC=C(O)CC3(C)S2)cc1. The van der Waals surface area contributed by atoms with E-state index in [0.717, 1.165) is 22.0 Å². The van der Waals surface area contributed by atoms with Gasteiger partial charge in [0, 0.05) is 24.7 Å². The van der Waals surface area contributed by atoms with Crippen molar-refractivity contribution in [2.45, 2.75) is 18.1 Å². The van der Waals surface area contributed by atoms with E-state index < -0.39 is 0 Å². The zero-order valence-electron chi connectivity index (χ0n) is 11.0. The van der Waals surface area contributed by atoms with Gasteiger partial charge in [-0.2, -0.15) is 0 Å². The third kappa shape index (κ3) is 2.16. The van der Waals surface area contributed by atoms with Gasteiger partial charge in [0.2, 0.25) is 0 Å². The number of hydrogen-bond donors (Lipinski definition) is 2. The lowest BCUT2D eigenvalue weighted by Crippen LogP contribution is -2.22. The van der Waals surface area contributed by atoms with E-state index in [9.17, 15) is 5.11 Å². The highest BCUT2D eigenvalue weighted by atomic mass is 32.2. The van der Waals surface area contributed by atoms with Crippen molar-refractivity contribution in [1.82, 2.24) is 0 Å². The molecule has 1 aromatic rings. The van der Waals surface area contributed by atoms with Crippen LogP contribution in [0, 0.1) is 0 Å². The summed E-state index contributed by atoms with van der Waals surface area (Å²) in [5.74, 6) is 0.431. The molecule has 0 spiro atoms. The van der Waals surface area contributed by atoms with Gasteiger partial charge < -0.3 is 10.4 Å². The van der Waals surface area contributed by atoms with Crippen LogP contribution < -0.4 is 5.32 Å². The maximum absolute atomic E-state index is 9.69. The largest absolute Gasteiger partial charge is 0.512 e. The van der Waals surface area contributed by atoms with Crippen molar-refractivity contribution >= 4 is 22.5 Å². The molecule has 0 saturated carbocycles. The van der Waals surface area contributed by atoms with Crippen molar-refractivity contribution in [2.24, 2.45) is 4.99 Å². The molecule has 19 heavy (non-hydrogen) atoms. The number of benzene rings is 1. The van der Waals surface area contributed by atoms with Crippen LogP contribution in [0.15, 0.2) is 52.9 Å². The first kappa shape index (κ1) is 12.4. The molecule has 0 amide bonds. The van der Waals surface area contributed by atoms with Crippen LogP contribution in [0.3, 0.4) is 0 Å². The van der Waals surface area contributed by atoms with E-state index in [2.05, 4.69) is 24.4 Å². The van der Waals surface area contributed by atoms with Gasteiger partial charge in [-0.05, 0) is 31.2 Å². The summed E-state index contributed by atoms with van der Waals surface area (Å²) in [7, 11) is 1.91. The minimum atomic E-state index is -0.129. The number of aliphatic hydroxyl groups is 1. The quantitative estimate of drug-likeness (QED) is 0.862. The molecule has 3 nitrogen and oxygen atoms in total. The van der Waals surface area contributed by atoms with Crippen molar-refractivity contribution < 1.29 is 5.11 Å². The Kier molecular flexibility index (Phi) is 2.90. The van der Waals surface area contributed by atoms with Gasteiger partial charge >= 0.3 is 0 Å². The monoisotopic (exact) mass is 272 g/mol. The van der Waals surface area contributed by atoms with Crippen LogP contribution in [0.1, 0.15) is 18.9 Å². The topological polar surface area (TPSA) is 44.6 Å². The van der Waals surface area contributed by atoms with Crippen molar-refractivity contribution in [2.75, 3.05) is 12.4 Å². The van der Waals surface area contributed by atoms with Crippen LogP contribution in [0.4, 0.5) is 5.69 Å². The predicted molar refractivity (Wildman–Crippen MR) is 81.9 cm³/mol. The first-order chi connectivity index (χ1) is 9.10. The Hall–Kier alpha value is -1.68. The molecule has 1 atom stereocenters. The van der Waals surface area contributed by atoms with E-state index in [1.165, 1.54) is 0 Å². The maximum Gasteiger partial charge on any atom is 0.105 e. The number of rotatable bonds is 2. The molecule has 2 N–H and O–H groups in total. The number of anilines is 1. The minimum absolute atomic E-state index is 0.129. The van der Waals surface area contributed by atoms with Crippen molar-refractivity contribution in [1.29, 1.82) is 0 Å². The molecule has 1 heterocycles. The van der Waals surface area contributed by atoms with E-state index in [-0.39, 0.29) is 4.75 Å². The van der Waals surface area contributed by atoms with Gasteiger partial charge in [0.25, 0.3) is 0 Å². The molecule has 3 rings (SSSR count). The van der Waals surface area contributed by atoms with Crippen LogP contribution in [-0.4, -0.2) is 21.9 Å². The Bertz CT molecular complexity index is 601. The van der Waals surface area contributed by atoms with Crippen LogP contribution in [0.5, 0.6) is 0 Å². The number of thioether (sulfide) groups is 1. The maximum atomic E-state index is 9.69. The summed E-state index contributed by atoms with van der Waals surface area (Å²) in [5, 5.41) is 13.8. The lowest BCUT2D eigenvalue weighted by molar-refractivity contribution is 0.373. The van der Waals surface area contributed by atoms with E-state index >= 15 is 0 Å². The molecule has 1 aromatic carbocycles. The van der Waals surface area contributed by atoms with Crippen LogP contribution in [0.25, 0.3) is 0 Å². The van der Waals surface area contributed by atoms with Gasteiger partial charge in [-0.15, -0.1) is 0 Å². The standard InChI is InChI=1S/C15H16N2OS/c1-15-9-12(18)7-8-13(15)17-14(19-15)10-3-5-11(16-2)6-4-10/h3-8,16,18H,9H2,1-2H3. The Morgan fingerprint density at radius 3 is 2.68 bits per heavy atom.